The molecule has 1 saturated carbocycles. The number of hydrogen-bond donors (Lipinski definition) is 3. The van der Waals surface area contributed by atoms with Crippen molar-refractivity contribution in [3.63, 3.8) is 0 Å². The molecule has 20 heavy (non-hydrogen) atoms. The SMILES string of the molecule is O=C(NCC1CCCCC1O)c1ccc2c(c1)CNC2. The summed E-state index contributed by atoms with van der Waals surface area (Å²) in [6, 6.07) is 5.89. The maximum absolute atomic E-state index is 12.2. The predicted molar refractivity (Wildman–Crippen MR) is 77.3 cm³/mol. The highest BCUT2D eigenvalue weighted by atomic mass is 16.3. The van der Waals surface area contributed by atoms with Crippen LogP contribution in [0.4, 0.5) is 0 Å². The zero-order valence-electron chi connectivity index (χ0n) is 11.7. The maximum Gasteiger partial charge on any atom is 0.251 e. The first kappa shape index (κ1) is 13.6. The van der Waals surface area contributed by atoms with Gasteiger partial charge in [0.1, 0.15) is 0 Å². The lowest BCUT2D eigenvalue weighted by atomic mass is 9.86. The molecule has 0 saturated heterocycles. The number of benzene rings is 1. The molecule has 3 rings (SSSR count). The Hall–Kier alpha value is -1.39. The van der Waals surface area contributed by atoms with E-state index in [9.17, 15) is 9.90 Å². The van der Waals surface area contributed by atoms with Crippen molar-refractivity contribution in [1.29, 1.82) is 0 Å². The Morgan fingerprint density at radius 1 is 1.25 bits per heavy atom. The number of aliphatic hydroxyl groups excluding tert-OH is 1. The van der Waals surface area contributed by atoms with Crippen LogP contribution in [0.5, 0.6) is 0 Å². The van der Waals surface area contributed by atoms with Gasteiger partial charge < -0.3 is 15.7 Å². The molecular formula is C16H22N2O2. The van der Waals surface area contributed by atoms with E-state index in [2.05, 4.69) is 10.6 Å². The summed E-state index contributed by atoms with van der Waals surface area (Å²) in [4.78, 5) is 12.2. The summed E-state index contributed by atoms with van der Waals surface area (Å²) in [5, 5.41) is 16.2. The quantitative estimate of drug-likeness (QED) is 0.784. The Bertz CT molecular complexity index is 501. The van der Waals surface area contributed by atoms with Crippen LogP contribution in [-0.4, -0.2) is 23.7 Å². The molecule has 1 heterocycles. The minimum Gasteiger partial charge on any atom is -0.393 e. The van der Waals surface area contributed by atoms with Gasteiger partial charge in [0.05, 0.1) is 6.10 Å². The largest absolute Gasteiger partial charge is 0.393 e. The number of amides is 1. The predicted octanol–water partition coefficient (Wildman–Crippen LogP) is 1.57. The molecule has 1 aliphatic carbocycles. The minimum absolute atomic E-state index is 0.0301. The molecule has 108 valence electrons. The van der Waals surface area contributed by atoms with Crippen LogP contribution < -0.4 is 10.6 Å². The van der Waals surface area contributed by atoms with Crippen LogP contribution in [0.3, 0.4) is 0 Å². The lowest BCUT2D eigenvalue weighted by Gasteiger charge is -2.27. The van der Waals surface area contributed by atoms with Crippen molar-refractivity contribution in [2.75, 3.05) is 6.54 Å². The third-order valence-electron chi connectivity index (χ3n) is 4.49. The van der Waals surface area contributed by atoms with E-state index in [0.29, 0.717) is 6.54 Å². The van der Waals surface area contributed by atoms with Gasteiger partial charge in [0, 0.05) is 31.1 Å². The van der Waals surface area contributed by atoms with Gasteiger partial charge in [-0.05, 0) is 36.1 Å². The third kappa shape index (κ3) is 2.86. The summed E-state index contributed by atoms with van der Waals surface area (Å²) in [7, 11) is 0. The van der Waals surface area contributed by atoms with Crippen molar-refractivity contribution in [2.24, 2.45) is 5.92 Å². The highest BCUT2D eigenvalue weighted by molar-refractivity contribution is 5.94. The van der Waals surface area contributed by atoms with Crippen LogP contribution in [0.1, 0.15) is 47.2 Å². The summed E-state index contributed by atoms with van der Waals surface area (Å²) in [5.41, 5.74) is 3.22. The number of carbonyl (C=O) groups excluding carboxylic acids is 1. The number of hydrogen-bond acceptors (Lipinski definition) is 3. The lowest BCUT2D eigenvalue weighted by molar-refractivity contribution is 0.0663. The highest BCUT2D eigenvalue weighted by Crippen LogP contribution is 2.24. The molecule has 3 N–H and O–H groups in total. The van der Waals surface area contributed by atoms with Crippen molar-refractivity contribution >= 4 is 5.91 Å². The number of aliphatic hydroxyl groups is 1. The normalized spacial score (nSPS) is 25.2. The fourth-order valence-electron chi connectivity index (χ4n) is 3.19. The van der Waals surface area contributed by atoms with E-state index < -0.39 is 0 Å². The monoisotopic (exact) mass is 274 g/mol. The number of carbonyl (C=O) groups is 1. The van der Waals surface area contributed by atoms with Crippen LogP contribution in [-0.2, 0) is 13.1 Å². The van der Waals surface area contributed by atoms with Crippen molar-refractivity contribution in [3.05, 3.63) is 34.9 Å². The standard InChI is InChI=1S/C16H22N2O2/c19-15-4-2-1-3-13(15)10-18-16(20)11-5-6-12-8-17-9-14(12)7-11/h5-7,13,15,17,19H,1-4,8-10H2,(H,18,20). The first-order valence-corrected chi connectivity index (χ1v) is 7.53. The van der Waals surface area contributed by atoms with E-state index in [1.54, 1.807) is 0 Å². The van der Waals surface area contributed by atoms with Gasteiger partial charge in [0.25, 0.3) is 5.91 Å². The fraction of sp³-hybridized carbons (Fsp3) is 0.562. The zero-order valence-corrected chi connectivity index (χ0v) is 11.7. The van der Waals surface area contributed by atoms with E-state index in [4.69, 9.17) is 0 Å². The van der Waals surface area contributed by atoms with E-state index in [0.717, 1.165) is 44.3 Å². The maximum atomic E-state index is 12.2. The van der Waals surface area contributed by atoms with Gasteiger partial charge in [-0.25, -0.2) is 0 Å². The molecule has 1 aromatic carbocycles. The van der Waals surface area contributed by atoms with Crippen molar-refractivity contribution in [3.8, 4) is 0 Å². The Kier molecular flexibility index (Phi) is 4.03. The van der Waals surface area contributed by atoms with E-state index in [-0.39, 0.29) is 17.9 Å². The highest BCUT2D eigenvalue weighted by Gasteiger charge is 2.23. The first-order chi connectivity index (χ1) is 9.74. The molecule has 2 atom stereocenters. The molecule has 1 aliphatic heterocycles. The van der Waals surface area contributed by atoms with Gasteiger partial charge in [0.2, 0.25) is 0 Å². The second-order valence-corrected chi connectivity index (χ2v) is 5.91. The minimum atomic E-state index is -0.256. The van der Waals surface area contributed by atoms with Gasteiger partial charge in [-0.2, -0.15) is 0 Å². The van der Waals surface area contributed by atoms with Crippen molar-refractivity contribution in [2.45, 2.75) is 44.9 Å². The number of rotatable bonds is 3. The van der Waals surface area contributed by atoms with Crippen molar-refractivity contribution in [1.82, 2.24) is 10.6 Å². The fourth-order valence-corrected chi connectivity index (χ4v) is 3.19. The number of nitrogens with one attached hydrogen (secondary N) is 2. The van der Waals surface area contributed by atoms with Crippen molar-refractivity contribution < 1.29 is 9.90 Å². The van der Waals surface area contributed by atoms with Gasteiger partial charge in [-0.15, -0.1) is 0 Å². The first-order valence-electron chi connectivity index (χ1n) is 7.53. The van der Waals surface area contributed by atoms with E-state index in [1.807, 2.05) is 18.2 Å². The Labute approximate surface area is 119 Å². The van der Waals surface area contributed by atoms with Gasteiger partial charge in [0.15, 0.2) is 0 Å². The Balaban J connectivity index is 1.59. The van der Waals surface area contributed by atoms with Crippen LogP contribution in [0.2, 0.25) is 0 Å². The zero-order chi connectivity index (χ0) is 13.9. The van der Waals surface area contributed by atoms with Crippen LogP contribution >= 0.6 is 0 Å². The van der Waals surface area contributed by atoms with Gasteiger partial charge >= 0.3 is 0 Å². The van der Waals surface area contributed by atoms with E-state index >= 15 is 0 Å². The molecule has 0 aromatic heterocycles. The smallest absolute Gasteiger partial charge is 0.251 e. The summed E-state index contributed by atoms with van der Waals surface area (Å²) in [6.07, 6.45) is 3.87. The molecule has 0 bridgehead atoms. The summed E-state index contributed by atoms with van der Waals surface area (Å²) in [5.74, 6) is 0.182. The molecule has 0 radical (unpaired) electrons. The molecule has 0 spiro atoms. The van der Waals surface area contributed by atoms with Crippen LogP contribution in [0, 0.1) is 5.92 Å². The summed E-state index contributed by atoms with van der Waals surface area (Å²) >= 11 is 0. The van der Waals surface area contributed by atoms with Gasteiger partial charge in [-0.1, -0.05) is 18.9 Å². The molecule has 1 fully saturated rings. The van der Waals surface area contributed by atoms with E-state index in [1.165, 1.54) is 11.1 Å². The van der Waals surface area contributed by atoms with Crippen LogP contribution in [0.25, 0.3) is 0 Å². The Morgan fingerprint density at radius 2 is 2.05 bits per heavy atom. The molecule has 1 amide bonds. The molecule has 4 heteroatoms. The molecular weight excluding hydrogens is 252 g/mol. The second-order valence-electron chi connectivity index (χ2n) is 5.91. The van der Waals surface area contributed by atoms with Crippen LogP contribution in [0.15, 0.2) is 18.2 Å². The molecule has 1 aromatic rings. The summed E-state index contributed by atoms with van der Waals surface area (Å²) < 4.78 is 0. The molecule has 2 aliphatic rings. The van der Waals surface area contributed by atoms with Gasteiger partial charge in [-0.3, -0.25) is 4.79 Å². The number of fused-ring (bicyclic) bond motifs is 1. The lowest BCUT2D eigenvalue weighted by Crippen LogP contribution is -2.36. The third-order valence-corrected chi connectivity index (χ3v) is 4.49. The average molecular weight is 274 g/mol. The molecule has 4 nitrogen and oxygen atoms in total. The molecule has 2 unspecified atom stereocenters. The topological polar surface area (TPSA) is 61.4 Å². The Morgan fingerprint density at radius 3 is 2.90 bits per heavy atom. The second kappa shape index (κ2) is 5.94. The summed E-state index contributed by atoms with van der Waals surface area (Å²) in [6.45, 7) is 2.32. The average Bonchev–Trinajstić information content (AvgIpc) is 2.93.